The maximum atomic E-state index is 10.2. The molecule has 11 heavy (non-hydrogen) atoms. The SMILES string of the molecule is Nc1ccc(CS(=O)[O-])cc1. The number of nitrogen functional groups attached to an aromatic ring is 1. The summed E-state index contributed by atoms with van der Waals surface area (Å²) in [6.45, 7) is 0. The summed E-state index contributed by atoms with van der Waals surface area (Å²) in [7, 11) is 0. The van der Waals surface area contributed by atoms with Crippen LogP contribution in [0.1, 0.15) is 5.56 Å². The van der Waals surface area contributed by atoms with Crippen molar-refractivity contribution in [3.05, 3.63) is 29.8 Å². The quantitative estimate of drug-likeness (QED) is 0.523. The van der Waals surface area contributed by atoms with E-state index < -0.39 is 11.1 Å². The monoisotopic (exact) mass is 170 g/mol. The molecule has 0 aliphatic carbocycles. The van der Waals surface area contributed by atoms with E-state index in [0.717, 1.165) is 5.56 Å². The van der Waals surface area contributed by atoms with Crippen molar-refractivity contribution < 1.29 is 8.76 Å². The maximum Gasteiger partial charge on any atom is 0.0353 e. The fourth-order valence-corrected chi connectivity index (χ4v) is 1.21. The molecule has 0 aliphatic rings. The summed E-state index contributed by atoms with van der Waals surface area (Å²) in [5.74, 6) is 0.0558. The van der Waals surface area contributed by atoms with Gasteiger partial charge in [-0.15, -0.1) is 0 Å². The molecule has 0 heterocycles. The number of rotatable bonds is 2. The Morgan fingerprint density at radius 2 is 1.91 bits per heavy atom. The molecule has 0 bridgehead atoms. The molecule has 1 rings (SSSR count). The van der Waals surface area contributed by atoms with Gasteiger partial charge in [-0.3, -0.25) is 4.21 Å². The van der Waals surface area contributed by atoms with E-state index in [9.17, 15) is 8.76 Å². The summed E-state index contributed by atoms with van der Waals surface area (Å²) in [6, 6.07) is 6.76. The predicted octanol–water partition coefficient (Wildman–Crippen LogP) is 0.648. The van der Waals surface area contributed by atoms with Gasteiger partial charge in [0.2, 0.25) is 0 Å². The van der Waals surface area contributed by atoms with Crippen molar-refractivity contribution in [3.8, 4) is 0 Å². The van der Waals surface area contributed by atoms with E-state index in [2.05, 4.69) is 0 Å². The van der Waals surface area contributed by atoms with Crippen molar-refractivity contribution in [1.82, 2.24) is 0 Å². The number of benzene rings is 1. The van der Waals surface area contributed by atoms with Crippen molar-refractivity contribution in [2.24, 2.45) is 0 Å². The van der Waals surface area contributed by atoms with Gasteiger partial charge in [0.1, 0.15) is 0 Å². The Balaban J connectivity index is 2.74. The van der Waals surface area contributed by atoms with Crippen LogP contribution in [0.3, 0.4) is 0 Å². The van der Waals surface area contributed by atoms with E-state index in [0.29, 0.717) is 5.69 Å². The van der Waals surface area contributed by atoms with Gasteiger partial charge in [0.15, 0.2) is 0 Å². The molecule has 0 saturated carbocycles. The molecule has 4 heteroatoms. The van der Waals surface area contributed by atoms with Crippen LogP contribution >= 0.6 is 0 Å². The number of anilines is 1. The third-order valence-corrected chi connectivity index (χ3v) is 1.83. The van der Waals surface area contributed by atoms with E-state index in [1.165, 1.54) is 0 Å². The maximum absolute atomic E-state index is 10.2. The smallest absolute Gasteiger partial charge is 0.0353 e. The lowest BCUT2D eigenvalue weighted by Gasteiger charge is -2.04. The average molecular weight is 170 g/mol. The third kappa shape index (κ3) is 2.69. The first kappa shape index (κ1) is 8.23. The molecule has 0 saturated heterocycles. The van der Waals surface area contributed by atoms with Crippen LogP contribution in [0.25, 0.3) is 0 Å². The molecule has 1 unspecified atom stereocenters. The molecule has 0 amide bonds. The summed E-state index contributed by atoms with van der Waals surface area (Å²) in [5, 5.41) is 0. The predicted molar refractivity (Wildman–Crippen MR) is 43.5 cm³/mol. The summed E-state index contributed by atoms with van der Waals surface area (Å²) in [6.07, 6.45) is 0. The van der Waals surface area contributed by atoms with Crippen LogP contribution in [0.4, 0.5) is 5.69 Å². The van der Waals surface area contributed by atoms with Gasteiger partial charge in [0, 0.05) is 11.4 Å². The molecule has 3 nitrogen and oxygen atoms in total. The van der Waals surface area contributed by atoms with E-state index in [-0.39, 0.29) is 5.75 Å². The minimum Gasteiger partial charge on any atom is -0.772 e. The van der Waals surface area contributed by atoms with Crippen molar-refractivity contribution in [2.45, 2.75) is 5.75 Å². The number of nitrogens with two attached hydrogens (primary N) is 1. The van der Waals surface area contributed by atoms with Gasteiger partial charge in [0.25, 0.3) is 0 Å². The van der Waals surface area contributed by atoms with Crippen LogP contribution in [0.2, 0.25) is 0 Å². The Kier molecular flexibility index (Phi) is 2.62. The molecule has 0 fully saturated rings. The van der Waals surface area contributed by atoms with E-state index in [1.54, 1.807) is 24.3 Å². The molecule has 2 N–H and O–H groups in total. The molecule has 0 aliphatic heterocycles. The topological polar surface area (TPSA) is 66.2 Å². The Morgan fingerprint density at radius 3 is 2.36 bits per heavy atom. The van der Waals surface area contributed by atoms with Crippen molar-refractivity contribution >= 4 is 16.8 Å². The van der Waals surface area contributed by atoms with Gasteiger partial charge >= 0.3 is 0 Å². The van der Waals surface area contributed by atoms with Crippen LogP contribution < -0.4 is 5.73 Å². The van der Waals surface area contributed by atoms with Gasteiger partial charge in [-0.05, 0) is 17.7 Å². The highest BCUT2D eigenvalue weighted by atomic mass is 32.2. The Morgan fingerprint density at radius 1 is 1.36 bits per heavy atom. The number of hydrogen-bond donors (Lipinski definition) is 1. The lowest BCUT2D eigenvalue weighted by molar-refractivity contribution is 0.536. The average Bonchev–Trinajstić information content (AvgIpc) is 1.93. The minimum atomic E-state index is -2.01. The fourth-order valence-electron chi connectivity index (χ4n) is 0.750. The summed E-state index contributed by atoms with van der Waals surface area (Å²) in [4.78, 5) is 0. The van der Waals surface area contributed by atoms with Crippen LogP contribution in [-0.2, 0) is 16.8 Å². The molecule has 0 spiro atoms. The molecule has 0 aromatic heterocycles. The second-order valence-corrected chi connectivity index (χ2v) is 3.09. The standard InChI is InChI=1S/C7H9NO2S/c8-7-3-1-6(2-4-7)5-11(9)10/h1-4H,5,8H2,(H,9,10)/p-1. The highest BCUT2D eigenvalue weighted by Gasteiger charge is 1.90. The highest BCUT2D eigenvalue weighted by Crippen LogP contribution is 2.06. The second-order valence-electron chi connectivity index (χ2n) is 2.19. The largest absolute Gasteiger partial charge is 0.772 e. The van der Waals surface area contributed by atoms with Crippen molar-refractivity contribution in [3.63, 3.8) is 0 Å². The van der Waals surface area contributed by atoms with Gasteiger partial charge < -0.3 is 10.3 Å². The van der Waals surface area contributed by atoms with Gasteiger partial charge in [-0.2, -0.15) is 0 Å². The van der Waals surface area contributed by atoms with E-state index in [1.807, 2.05) is 0 Å². The van der Waals surface area contributed by atoms with Crippen LogP contribution in [0, 0.1) is 0 Å². The van der Waals surface area contributed by atoms with Gasteiger partial charge in [-0.1, -0.05) is 23.2 Å². The molecule has 1 aromatic rings. The molecular weight excluding hydrogens is 162 g/mol. The lowest BCUT2D eigenvalue weighted by Crippen LogP contribution is -1.93. The summed E-state index contributed by atoms with van der Waals surface area (Å²) in [5.41, 5.74) is 6.80. The first-order valence-corrected chi connectivity index (χ1v) is 4.33. The van der Waals surface area contributed by atoms with Crippen LogP contribution in [0.15, 0.2) is 24.3 Å². The molecule has 1 atom stereocenters. The van der Waals surface area contributed by atoms with Gasteiger partial charge in [-0.25, -0.2) is 0 Å². The van der Waals surface area contributed by atoms with Crippen LogP contribution in [0.5, 0.6) is 0 Å². The zero-order chi connectivity index (χ0) is 8.27. The Bertz CT molecular complexity index is 258. The summed E-state index contributed by atoms with van der Waals surface area (Å²) >= 11 is -2.01. The first-order chi connectivity index (χ1) is 5.18. The Hall–Kier alpha value is -0.870. The molecular formula is C7H8NO2S-. The van der Waals surface area contributed by atoms with Crippen molar-refractivity contribution in [1.29, 1.82) is 0 Å². The van der Waals surface area contributed by atoms with Crippen molar-refractivity contribution in [2.75, 3.05) is 5.73 Å². The minimum absolute atomic E-state index is 0.0558. The fraction of sp³-hybridized carbons (Fsp3) is 0.143. The zero-order valence-electron chi connectivity index (χ0n) is 5.82. The van der Waals surface area contributed by atoms with E-state index in [4.69, 9.17) is 5.73 Å². The highest BCUT2D eigenvalue weighted by molar-refractivity contribution is 7.78. The third-order valence-electron chi connectivity index (χ3n) is 1.26. The normalized spacial score (nSPS) is 12.8. The molecule has 0 radical (unpaired) electrons. The van der Waals surface area contributed by atoms with Gasteiger partial charge in [0.05, 0.1) is 0 Å². The summed E-state index contributed by atoms with van der Waals surface area (Å²) < 4.78 is 20.4. The Labute approximate surface area is 67.5 Å². The first-order valence-electron chi connectivity index (χ1n) is 3.09. The second kappa shape index (κ2) is 3.50. The van der Waals surface area contributed by atoms with Crippen LogP contribution in [-0.4, -0.2) is 8.76 Å². The van der Waals surface area contributed by atoms with E-state index >= 15 is 0 Å². The number of hydrogen-bond acceptors (Lipinski definition) is 3. The molecule has 60 valence electrons. The lowest BCUT2D eigenvalue weighted by atomic mass is 10.2. The molecule has 1 aromatic carbocycles. The zero-order valence-corrected chi connectivity index (χ0v) is 6.64.